The first-order valence-electron chi connectivity index (χ1n) is 4.96. The zero-order chi connectivity index (χ0) is 9.80. The minimum absolute atomic E-state index is 0.834. The van der Waals surface area contributed by atoms with Crippen LogP contribution in [0, 0.1) is 12.8 Å². The van der Waals surface area contributed by atoms with Gasteiger partial charge in [-0.3, -0.25) is 0 Å². The van der Waals surface area contributed by atoms with E-state index in [1.807, 2.05) is 6.92 Å². The van der Waals surface area contributed by atoms with Gasteiger partial charge in [-0.05, 0) is 37.2 Å². The zero-order valence-electron chi connectivity index (χ0n) is 8.32. The molecule has 1 N–H and O–H groups in total. The Morgan fingerprint density at radius 1 is 1.36 bits per heavy atom. The molecule has 0 aliphatic carbocycles. The molecular weight excluding hydrogens is 214 g/mol. The predicted molar refractivity (Wildman–Crippen MR) is 63.2 cm³/mol. The van der Waals surface area contributed by atoms with Crippen LogP contribution < -0.4 is 5.32 Å². The topological polar surface area (TPSA) is 37.8 Å². The first-order chi connectivity index (χ1) is 6.84. The van der Waals surface area contributed by atoms with Gasteiger partial charge in [0.1, 0.15) is 5.01 Å². The van der Waals surface area contributed by atoms with E-state index < -0.39 is 0 Å². The number of aromatic nitrogens is 2. The predicted octanol–water partition coefficient (Wildman–Crippen LogP) is 2.40. The molecule has 78 valence electrons. The quantitative estimate of drug-likeness (QED) is 0.863. The smallest absolute Gasteiger partial charge is 0.205 e. The molecule has 0 bridgehead atoms. The Hall–Kier alpha value is -0.290. The highest BCUT2D eigenvalue weighted by Crippen LogP contribution is 2.23. The molecule has 2 heterocycles. The van der Waals surface area contributed by atoms with Crippen LogP contribution in [-0.4, -0.2) is 28.2 Å². The third-order valence-electron chi connectivity index (χ3n) is 2.41. The molecule has 1 aliphatic rings. The number of nitrogens with one attached hydrogen (secondary N) is 1. The van der Waals surface area contributed by atoms with E-state index in [1.54, 1.807) is 11.3 Å². The van der Waals surface area contributed by atoms with Crippen LogP contribution in [0.1, 0.15) is 17.8 Å². The SMILES string of the molecule is Cc1nnc(NCC2CCSCC2)s1. The third-order valence-corrected chi connectivity index (χ3v) is 4.25. The molecule has 0 atom stereocenters. The molecule has 1 aliphatic heterocycles. The normalized spacial score (nSPS) is 18.4. The highest BCUT2D eigenvalue weighted by atomic mass is 32.2. The third kappa shape index (κ3) is 2.85. The Labute approximate surface area is 92.7 Å². The van der Waals surface area contributed by atoms with E-state index in [0.717, 1.165) is 22.6 Å². The Morgan fingerprint density at radius 2 is 2.14 bits per heavy atom. The minimum Gasteiger partial charge on any atom is -0.360 e. The maximum absolute atomic E-state index is 4.05. The van der Waals surface area contributed by atoms with Gasteiger partial charge >= 0.3 is 0 Å². The average molecular weight is 229 g/mol. The van der Waals surface area contributed by atoms with Crippen molar-refractivity contribution in [2.45, 2.75) is 19.8 Å². The van der Waals surface area contributed by atoms with Crippen LogP contribution in [0.4, 0.5) is 5.13 Å². The van der Waals surface area contributed by atoms with Gasteiger partial charge in [-0.25, -0.2) is 0 Å². The molecule has 1 saturated heterocycles. The van der Waals surface area contributed by atoms with Crippen molar-refractivity contribution in [3.8, 4) is 0 Å². The number of anilines is 1. The Morgan fingerprint density at radius 3 is 2.79 bits per heavy atom. The van der Waals surface area contributed by atoms with Gasteiger partial charge in [-0.2, -0.15) is 11.8 Å². The van der Waals surface area contributed by atoms with Crippen LogP contribution in [0.25, 0.3) is 0 Å². The number of rotatable bonds is 3. The van der Waals surface area contributed by atoms with Crippen molar-refractivity contribution in [1.82, 2.24) is 10.2 Å². The summed E-state index contributed by atoms with van der Waals surface area (Å²) in [7, 11) is 0. The summed E-state index contributed by atoms with van der Waals surface area (Å²) in [6, 6.07) is 0. The zero-order valence-corrected chi connectivity index (χ0v) is 9.96. The van der Waals surface area contributed by atoms with E-state index in [4.69, 9.17) is 0 Å². The molecule has 1 aromatic rings. The minimum atomic E-state index is 0.834. The lowest BCUT2D eigenvalue weighted by atomic mass is 10.0. The Bertz CT molecular complexity index is 281. The first-order valence-corrected chi connectivity index (χ1v) is 6.93. The second kappa shape index (κ2) is 4.98. The number of aryl methyl sites for hydroxylation is 1. The molecule has 0 radical (unpaired) electrons. The molecule has 0 amide bonds. The second-order valence-corrected chi connectivity index (χ2v) is 5.97. The lowest BCUT2D eigenvalue weighted by Crippen LogP contribution is -2.18. The van der Waals surface area contributed by atoms with Crippen molar-refractivity contribution in [1.29, 1.82) is 0 Å². The molecule has 2 rings (SSSR count). The van der Waals surface area contributed by atoms with Crippen LogP contribution in [0.15, 0.2) is 0 Å². The van der Waals surface area contributed by atoms with E-state index in [0.29, 0.717) is 0 Å². The fraction of sp³-hybridized carbons (Fsp3) is 0.778. The van der Waals surface area contributed by atoms with Gasteiger partial charge in [0.15, 0.2) is 0 Å². The molecule has 14 heavy (non-hydrogen) atoms. The van der Waals surface area contributed by atoms with Gasteiger partial charge in [0.25, 0.3) is 0 Å². The summed E-state index contributed by atoms with van der Waals surface area (Å²) in [4.78, 5) is 0. The lowest BCUT2D eigenvalue weighted by Gasteiger charge is -2.20. The Balaban J connectivity index is 1.76. The fourth-order valence-electron chi connectivity index (χ4n) is 1.55. The molecule has 1 fully saturated rings. The molecule has 1 aromatic heterocycles. The number of hydrogen-bond acceptors (Lipinski definition) is 5. The summed E-state index contributed by atoms with van der Waals surface area (Å²) < 4.78 is 0. The van der Waals surface area contributed by atoms with Crippen LogP contribution in [-0.2, 0) is 0 Å². The maximum Gasteiger partial charge on any atom is 0.205 e. The summed E-state index contributed by atoms with van der Waals surface area (Å²) in [5.41, 5.74) is 0. The Kier molecular flexibility index (Phi) is 3.64. The van der Waals surface area contributed by atoms with Crippen molar-refractivity contribution in [2.24, 2.45) is 5.92 Å². The van der Waals surface area contributed by atoms with Crippen molar-refractivity contribution in [2.75, 3.05) is 23.4 Å². The van der Waals surface area contributed by atoms with Gasteiger partial charge in [-0.1, -0.05) is 11.3 Å². The highest BCUT2D eigenvalue weighted by molar-refractivity contribution is 7.99. The lowest BCUT2D eigenvalue weighted by molar-refractivity contribution is 0.516. The van der Waals surface area contributed by atoms with E-state index in [1.165, 1.54) is 24.3 Å². The van der Waals surface area contributed by atoms with E-state index in [2.05, 4.69) is 27.3 Å². The summed E-state index contributed by atoms with van der Waals surface area (Å²) in [5, 5.41) is 13.4. The summed E-state index contributed by atoms with van der Waals surface area (Å²) >= 11 is 3.71. The fourth-order valence-corrected chi connectivity index (χ4v) is 3.35. The van der Waals surface area contributed by atoms with Crippen LogP contribution in [0.3, 0.4) is 0 Å². The summed E-state index contributed by atoms with van der Waals surface area (Å²) in [6.07, 6.45) is 2.69. The number of hydrogen-bond donors (Lipinski definition) is 1. The van der Waals surface area contributed by atoms with Gasteiger partial charge in [-0.15, -0.1) is 10.2 Å². The number of nitrogens with zero attached hydrogens (tertiary/aromatic N) is 2. The van der Waals surface area contributed by atoms with Crippen LogP contribution >= 0.6 is 23.1 Å². The van der Waals surface area contributed by atoms with Gasteiger partial charge in [0.05, 0.1) is 0 Å². The summed E-state index contributed by atoms with van der Waals surface area (Å²) in [5.74, 6) is 3.48. The molecule has 0 spiro atoms. The first kappa shape index (κ1) is 10.2. The molecule has 3 nitrogen and oxygen atoms in total. The average Bonchev–Trinajstić information content (AvgIpc) is 2.63. The maximum atomic E-state index is 4.05. The van der Waals surface area contributed by atoms with E-state index in [-0.39, 0.29) is 0 Å². The van der Waals surface area contributed by atoms with E-state index >= 15 is 0 Å². The largest absolute Gasteiger partial charge is 0.360 e. The van der Waals surface area contributed by atoms with Gasteiger partial charge in [0, 0.05) is 6.54 Å². The monoisotopic (exact) mass is 229 g/mol. The molecule has 0 aromatic carbocycles. The van der Waals surface area contributed by atoms with Crippen molar-refractivity contribution >= 4 is 28.2 Å². The molecule has 0 saturated carbocycles. The van der Waals surface area contributed by atoms with Crippen molar-refractivity contribution in [3.63, 3.8) is 0 Å². The molecular formula is C9H15N3S2. The van der Waals surface area contributed by atoms with Crippen molar-refractivity contribution < 1.29 is 0 Å². The molecule has 0 unspecified atom stereocenters. The van der Waals surface area contributed by atoms with Gasteiger partial charge < -0.3 is 5.32 Å². The number of thioether (sulfide) groups is 1. The second-order valence-electron chi connectivity index (χ2n) is 3.56. The van der Waals surface area contributed by atoms with Crippen LogP contribution in [0.2, 0.25) is 0 Å². The van der Waals surface area contributed by atoms with Crippen LogP contribution in [0.5, 0.6) is 0 Å². The molecule has 5 heteroatoms. The standard InChI is InChI=1S/C9H15N3S2/c1-7-11-12-9(14-7)10-6-8-2-4-13-5-3-8/h8H,2-6H2,1H3,(H,10,12). The summed E-state index contributed by atoms with van der Waals surface area (Å²) in [6.45, 7) is 3.05. The van der Waals surface area contributed by atoms with Crippen molar-refractivity contribution in [3.05, 3.63) is 5.01 Å². The highest BCUT2D eigenvalue weighted by Gasteiger charge is 2.13. The van der Waals surface area contributed by atoms with E-state index in [9.17, 15) is 0 Å². The van der Waals surface area contributed by atoms with Gasteiger partial charge in [0.2, 0.25) is 5.13 Å².